The van der Waals surface area contributed by atoms with Gasteiger partial charge in [-0.15, -0.1) is 0 Å². The third-order valence-corrected chi connectivity index (χ3v) is 4.66. The average Bonchev–Trinajstić information content (AvgIpc) is 3.10. The van der Waals surface area contributed by atoms with E-state index in [9.17, 15) is 23.1 Å². The summed E-state index contributed by atoms with van der Waals surface area (Å²) in [6.07, 6.45) is -2.92. The number of benzene rings is 3. The molecule has 0 amide bonds. The van der Waals surface area contributed by atoms with Crippen LogP contribution in [0.3, 0.4) is 0 Å². The number of rotatable bonds is 4. The fourth-order valence-electron chi connectivity index (χ4n) is 3.33. The SMILES string of the molecule is O=C(O)c1cc(-c2ccccc2)cc2cnn(Cc3cccc(C(F)(F)F)c3)c12. The monoisotopic (exact) mass is 396 g/mol. The van der Waals surface area contributed by atoms with E-state index in [2.05, 4.69) is 5.10 Å². The van der Waals surface area contributed by atoms with E-state index < -0.39 is 17.7 Å². The minimum Gasteiger partial charge on any atom is -0.478 e. The molecule has 4 rings (SSSR count). The standard InChI is InChI=1S/C22H15F3N2O2/c23-22(24,25)18-8-4-5-14(9-18)13-27-20-17(12-26-27)10-16(11-19(20)21(28)29)15-6-2-1-3-7-15/h1-12H,13H2,(H,28,29). The second kappa shape index (κ2) is 7.09. The van der Waals surface area contributed by atoms with Gasteiger partial charge in [-0.1, -0.05) is 42.5 Å². The number of halogens is 3. The Bertz CT molecular complexity index is 1200. The summed E-state index contributed by atoms with van der Waals surface area (Å²) in [5.74, 6) is -1.13. The second-order valence-electron chi connectivity index (χ2n) is 6.63. The Kier molecular flexibility index (Phi) is 4.58. The number of aromatic carboxylic acids is 1. The van der Waals surface area contributed by atoms with Gasteiger partial charge in [0.1, 0.15) is 0 Å². The van der Waals surface area contributed by atoms with Crippen LogP contribution in [0.2, 0.25) is 0 Å². The molecule has 4 aromatic rings. The van der Waals surface area contributed by atoms with Crippen molar-refractivity contribution in [3.8, 4) is 11.1 Å². The molecule has 1 aromatic heterocycles. The van der Waals surface area contributed by atoms with Crippen molar-refractivity contribution < 1.29 is 23.1 Å². The van der Waals surface area contributed by atoms with E-state index >= 15 is 0 Å². The van der Waals surface area contributed by atoms with Gasteiger partial charge in [0.2, 0.25) is 0 Å². The van der Waals surface area contributed by atoms with E-state index in [-0.39, 0.29) is 12.1 Å². The highest BCUT2D eigenvalue weighted by Gasteiger charge is 2.30. The van der Waals surface area contributed by atoms with Crippen molar-refractivity contribution in [2.24, 2.45) is 0 Å². The van der Waals surface area contributed by atoms with E-state index in [1.807, 2.05) is 36.4 Å². The van der Waals surface area contributed by atoms with Gasteiger partial charge in [-0.3, -0.25) is 4.68 Å². The molecule has 0 saturated heterocycles. The molecule has 7 heteroatoms. The van der Waals surface area contributed by atoms with Gasteiger partial charge in [0.25, 0.3) is 0 Å². The highest BCUT2D eigenvalue weighted by atomic mass is 19.4. The summed E-state index contributed by atoms with van der Waals surface area (Å²) in [6.45, 7) is 0.0262. The third-order valence-electron chi connectivity index (χ3n) is 4.66. The van der Waals surface area contributed by atoms with E-state index in [4.69, 9.17) is 0 Å². The maximum atomic E-state index is 13.0. The normalized spacial score (nSPS) is 11.7. The summed E-state index contributed by atoms with van der Waals surface area (Å²) in [7, 11) is 0. The van der Waals surface area contributed by atoms with Gasteiger partial charge in [0, 0.05) is 5.39 Å². The van der Waals surface area contributed by atoms with E-state index in [1.165, 1.54) is 16.9 Å². The minimum absolute atomic E-state index is 0.0262. The molecule has 0 bridgehead atoms. The van der Waals surface area contributed by atoms with Crippen LogP contribution < -0.4 is 0 Å². The smallest absolute Gasteiger partial charge is 0.416 e. The van der Waals surface area contributed by atoms with Crippen molar-refractivity contribution in [1.82, 2.24) is 9.78 Å². The van der Waals surface area contributed by atoms with Gasteiger partial charge < -0.3 is 5.11 Å². The zero-order valence-corrected chi connectivity index (χ0v) is 15.0. The summed E-state index contributed by atoms with van der Waals surface area (Å²) in [6, 6.07) is 17.7. The number of hydrogen-bond donors (Lipinski definition) is 1. The van der Waals surface area contributed by atoms with Gasteiger partial charge in [-0.05, 0) is 41.0 Å². The molecular weight excluding hydrogens is 381 g/mol. The lowest BCUT2D eigenvalue weighted by molar-refractivity contribution is -0.137. The Morgan fingerprint density at radius 2 is 1.72 bits per heavy atom. The first-order valence-corrected chi connectivity index (χ1v) is 8.77. The van der Waals surface area contributed by atoms with Crippen LogP contribution in [0.4, 0.5) is 13.2 Å². The topological polar surface area (TPSA) is 55.1 Å². The molecule has 0 fully saturated rings. The number of carboxylic acids is 1. The zero-order chi connectivity index (χ0) is 20.6. The van der Waals surface area contributed by atoms with Gasteiger partial charge >= 0.3 is 12.1 Å². The summed E-state index contributed by atoms with van der Waals surface area (Å²) in [4.78, 5) is 11.9. The summed E-state index contributed by atoms with van der Waals surface area (Å²) in [5, 5.41) is 14.6. The predicted octanol–water partition coefficient (Wildman–Crippen LogP) is 5.47. The average molecular weight is 396 g/mol. The third kappa shape index (κ3) is 3.71. The predicted molar refractivity (Wildman–Crippen MR) is 103 cm³/mol. The molecule has 4 nitrogen and oxygen atoms in total. The first kappa shape index (κ1) is 18.7. The molecule has 0 saturated carbocycles. The van der Waals surface area contributed by atoms with Crippen LogP contribution in [0.25, 0.3) is 22.0 Å². The van der Waals surface area contributed by atoms with Crippen molar-refractivity contribution >= 4 is 16.9 Å². The van der Waals surface area contributed by atoms with E-state index in [0.29, 0.717) is 16.5 Å². The fourth-order valence-corrected chi connectivity index (χ4v) is 3.33. The Morgan fingerprint density at radius 3 is 2.41 bits per heavy atom. The van der Waals surface area contributed by atoms with Crippen LogP contribution in [0.1, 0.15) is 21.5 Å². The highest BCUT2D eigenvalue weighted by Crippen LogP contribution is 2.31. The number of hydrogen-bond acceptors (Lipinski definition) is 2. The minimum atomic E-state index is -4.45. The Balaban J connectivity index is 1.80. The molecule has 3 aromatic carbocycles. The molecule has 146 valence electrons. The number of nitrogens with zero attached hydrogens (tertiary/aromatic N) is 2. The first-order chi connectivity index (χ1) is 13.8. The van der Waals surface area contributed by atoms with Crippen LogP contribution in [-0.4, -0.2) is 20.9 Å². The van der Waals surface area contributed by atoms with Crippen molar-refractivity contribution in [3.63, 3.8) is 0 Å². The highest BCUT2D eigenvalue weighted by molar-refractivity contribution is 6.04. The molecule has 0 atom stereocenters. The molecule has 0 aliphatic rings. The zero-order valence-electron chi connectivity index (χ0n) is 15.0. The largest absolute Gasteiger partial charge is 0.478 e. The molecule has 1 heterocycles. The van der Waals surface area contributed by atoms with Crippen LogP contribution in [0.15, 0.2) is 72.9 Å². The number of carboxylic acid groups (broad SMARTS) is 1. The van der Waals surface area contributed by atoms with Gasteiger partial charge in [-0.2, -0.15) is 18.3 Å². The lowest BCUT2D eigenvalue weighted by Gasteiger charge is -2.11. The molecule has 1 N–H and O–H groups in total. The Labute approximate surface area is 163 Å². The molecule has 29 heavy (non-hydrogen) atoms. The Morgan fingerprint density at radius 1 is 0.966 bits per heavy atom. The summed E-state index contributed by atoms with van der Waals surface area (Å²) >= 11 is 0. The number of aromatic nitrogens is 2. The van der Waals surface area contributed by atoms with Crippen LogP contribution in [0.5, 0.6) is 0 Å². The second-order valence-corrected chi connectivity index (χ2v) is 6.63. The maximum Gasteiger partial charge on any atom is 0.416 e. The molecule has 0 aliphatic heterocycles. The Hall–Kier alpha value is -3.61. The van der Waals surface area contributed by atoms with Gasteiger partial charge in [0.15, 0.2) is 0 Å². The van der Waals surface area contributed by atoms with Crippen molar-refractivity contribution in [3.05, 3.63) is 89.6 Å². The fraction of sp³-hybridized carbons (Fsp3) is 0.0909. The van der Waals surface area contributed by atoms with Crippen molar-refractivity contribution in [1.29, 1.82) is 0 Å². The number of carbonyl (C=O) groups is 1. The quantitative estimate of drug-likeness (QED) is 0.498. The maximum absolute atomic E-state index is 13.0. The number of alkyl halides is 3. The van der Waals surface area contributed by atoms with Crippen LogP contribution >= 0.6 is 0 Å². The van der Waals surface area contributed by atoms with Gasteiger partial charge in [0.05, 0.1) is 29.4 Å². The van der Waals surface area contributed by atoms with E-state index in [1.54, 1.807) is 12.1 Å². The van der Waals surface area contributed by atoms with Crippen molar-refractivity contribution in [2.75, 3.05) is 0 Å². The van der Waals surface area contributed by atoms with Crippen LogP contribution in [0, 0.1) is 0 Å². The number of fused-ring (bicyclic) bond motifs is 1. The van der Waals surface area contributed by atoms with E-state index in [0.717, 1.165) is 23.3 Å². The van der Waals surface area contributed by atoms with Crippen molar-refractivity contribution in [2.45, 2.75) is 12.7 Å². The molecule has 0 radical (unpaired) electrons. The molecule has 0 aliphatic carbocycles. The molecule has 0 unspecified atom stereocenters. The summed E-state index contributed by atoms with van der Waals surface area (Å²) in [5.41, 5.74) is 1.64. The lowest BCUT2D eigenvalue weighted by atomic mass is 10.0. The lowest BCUT2D eigenvalue weighted by Crippen LogP contribution is -2.09. The molecule has 0 spiro atoms. The van der Waals surface area contributed by atoms with Crippen LogP contribution in [-0.2, 0) is 12.7 Å². The summed E-state index contributed by atoms with van der Waals surface area (Å²) < 4.78 is 40.3. The van der Waals surface area contributed by atoms with Gasteiger partial charge in [-0.25, -0.2) is 4.79 Å². The first-order valence-electron chi connectivity index (χ1n) is 8.77. The molecular formula is C22H15F3N2O2.